The van der Waals surface area contributed by atoms with E-state index in [1.54, 1.807) is 7.11 Å². The van der Waals surface area contributed by atoms with Gasteiger partial charge in [-0.05, 0) is 42.5 Å². The Morgan fingerprint density at radius 1 is 0.862 bits per heavy atom. The number of aromatic amines is 1. The topological polar surface area (TPSA) is 76.8 Å². The summed E-state index contributed by atoms with van der Waals surface area (Å²) in [5.74, 6) is 2.60. The molecule has 0 fully saturated rings. The maximum atomic E-state index is 5.42. The molecule has 6 nitrogen and oxygen atoms in total. The molecule has 5 rings (SSSR count). The van der Waals surface area contributed by atoms with Crippen LogP contribution in [0.15, 0.2) is 75.7 Å². The molecule has 0 unspecified atom stereocenters. The van der Waals surface area contributed by atoms with Gasteiger partial charge in [-0.3, -0.25) is 0 Å². The van der Waals surface area contributed by atoms with Crippen LogP contribution in [0.5, 0.6) is 5.75 Å². The van der Waals surface area contributed by atoms with Gasteiger partial charge in [-0.2, -0.15) is 4.98 Å². The minimum absolute atomic E-state index is 0.467. The average Bonchev–Trinajstić information content (AvgIpc) is 3.41. The molecular formula is C22H15BrN4O2. The Labute approximate surface area is 174 Å². The molecule has 142 valence electrons. The fraction of sp³-hybridized carbons (Fsp3) is 0.0455. The third-order valence-corrected chi connectivity index (χ3v) is 5.12. The lowest BCUT2D eigenvalue weighted by Crippen LogP contribution is -1.84. The van der Waals surface area contributed by atoms with Crippen molar-refractivity contribution in [1.82, 2.24) is 20.1 Å². The fourth-order valence-electron chi connectivity index (χ4n) is 3.08. The molecule has 0 saturated heterocycles. The van der Waals surface area contributed by atoms with Gasteiger partial charge in [0.05, 0.1) is 18.1 Å². The zero-order valence-electron chi connectivity index (χ0n) is 15.4. The van der Waals surface area contributed by atoms with Crippen LogP contribution in [0.25, 0.3) is 45.3 Å². The Morgan fingerprint density at radius 3 is 2.34 bits per heavy atom. The molecule has 5 aromatic rings. The number of ether oxygens (including phenoxy) is 1. The van der Waals surface area contributed by atoms with E-state index in [0.29, 0.717) is 11.7 Å². The minimum Gasteiger partial charge on any atom is -0.497 e. The van der Waals surface area contributed by atoms with Gasteiger partial charge in [-0.1, -0.05) is 45.4 Å². The van der Waals surface area contributed by atoms with E-state index in [2.05, 4.69) is 36.0 Å². The smallest absolute Gasteiger partial charge is 0.258 e. The van der Waals surface area contributed by atoms with Crippen molar-refractivity contribution in [2.24, 2.45) is 0 Å². The number of fused-ring (bicyclic) bond motifs is 1. The Balaban J connectivity index is 1.41. The van der Waals surface area contributed by atoms with Crippen molar-refractivity contribution in [3.05, 3.63) is 71.2 Å². The van der Waals surface area contributed by atoms with Crippen LogP contribution in [0.1, 0.15) is 0 Å². The molecule has 0 aliphatic carbocycles. The summed E-state index contributed by atoms with van der Waals surface area (Å²) in [6.07, 6.45) is 0. The molecule has 0 radical (unpaired) electrons. The van der Waals surface area contributed by atoms with Gasteiger partial charge in [0.1, 0.15) is 11.6 Å². The highest BCUT2D eigenvalue weighted by Gasteiger charge is 2.12. The van der Waals surface area contributed by atoms with Crippen LogP contribution in [0.3, 0.4) is 0 Å². The van der Waals surface area contributed by atoms with Crippen LogP contribution in [0, 0.1) is 0 Å². The van der Waals surface area contributed by atoms with E-state index in [9.17, 15) is 0 Å². The number of nitrogens with one attached hydrogen (secondary N) is 1. The molecular weight excluding hydrogens is 432 g/mol. The molecule has 0 bridgehead atoms. The summed E-state index contributed by atoms with van der Waals surface area (Å²) in [6, 6.07) is 21.4. The number of H-pyrrole nitrogens is 1. The summed E-state index contributed by atoms with van der Waals surface area (Å²) in [5.41, 5.74) is 4.61. The first-order valence-electron chi connectivity index (χ1n) is 8.94. The number of hydrogen-bond donors (Lipinski definition) is 1. The monoisotopic (exact) mass is 446 g/mol. The average molecular weight is 447 g/mol. The molecule has 0 aliphatic rings. The number of nitrogens with zero attached hydrogens (tertiary/aromatic N) is 3. The van der Waals surface area contributed by atoms with E-state index in [-0.39, 0.29) is 0 Å². The number of hydrogen-bond acceptors (Lipinski definition) is 5. The fourth-order valence-corrected chi connectivity index (χ4v) is 3.43. The van der Waals surface area contributed by atoms with E-state index in [4.69, 9.17) is 9.26 Å². The second-order valence-corrected chi connectivity index (χ2v) is 7.39. The number of halogens is 1. The van der Waals surface area contributed by atoms with Crippen molar-refractivity contribution in [2.75, 3.05) is 7.11 Å². The molecule has 0 aliphatic heterocycles. The third kappa shape index (κ3) is 3.40. The van der Waals surface area contributed by atoms with E-state index < -0.39 is 0 Å². The van der Waals surface area contributed by atoms with Gasteiger partial charge >= 0.3 is 0 Å². The van der Waals surface area contributed by atoms with Gasteiger partial charge in [0.25, 0.3) is 5.89 Å². The second kappa shape index (κ2) is 7.18. The van der Waals surface area contributed by atoms with Gasteiger partial charge in [-0.25, -0.2) is 4.98 Å². The quantitative estimate of drug-likeness (QED) is 0.382. The lowest BCUT2D eigenvalue weighted by Gasteiger charge is -1.99. The molecule has 0 spiro atoms. The van der Waals surface area contributed by atoms with Gasteiger partial charge in [0.2, 0.25) is 5.82 Å². The van der Waals surface area contributed by atoms with Gasteiger partial charge in [0.15, 0.2) is 0 Å². The van der Waals surface area contributed by atoms with Crippen molar-refractivity contribution < 1.29 is 9.26 Å². The summed E-state index contributed by atoms with van der Waals surface area (Å²) in [7, 11) is 1.63. The molecule has 2 aromatic heterocycles. The Bertz CT molecular complexity index is 1290. The molecule has 0 atom stereocenters. The number of imidazole rings is 1. The van der Waals surface area contributed by atoms with Crippen LogP contribution in [0.4, 0.5) is 0 Å². The summed E-state index contributed by atoms with van der Waals surface area (Å²) in [5, 5.41) is 4.11. The van der Waals surface area contributed by atoms with Crippen LogP contribution < -0.4 is 4.74 Å². The lowest BCUT2D eigenvalue weighted by molar-refractivity contribution is 0.414. The van der Waals surface area contributed by atoms with Gasteiger partial charge < -0.3 is 14.2 Å². The molecule has 2 heterocycles. The van der Waals surface area contributed by atoms with Crippen molar-refractivity contribution in [1.29, 1.82) is 0 Å². The van der Waals surface area contributed by atoms with Crippen molar-refractivity contribution in [3.63, 3.8) is 0 Å². The number of rotatable bonds is 4. The summed E-state index contributed by atoms with van der Waals surface area (Å²) < 4.78 is 11.6. The number of methoxy groups -OCH3 is 1. The van der Waals surface area contributed by atoms with Crippen LogP contribution >= 0.6 is 15.9 Å². The first-order valence-corrected chi connectivity index (χ1v) is 9.73. The zero-order valence-corrected chi connectivity index (χ0v) is 17.0. The van der Waals surface area contributed by atoms with Crippen molar-refractivity contribution >= 4 is 27.0 Å². The highest BCUT2D eigenvalue weighted by atomic mass is 79.9. The summed E-state index contributed by atoms with van der Waals surface area (Å²) >= 11 is 3.48. The first-order chi connectivity index (χ1) is 14.2. The Kier molecular flexibility index (Phi) is 4.37. The normalized spacial score (nSPS) is 11.1. The number of benzene rings is 3. The van der Waals surface area contributed by atoms with Crippen molar-refractivity contribution in [3.8, 4) is 40.0 Å². The molecule has 0 amide bonds. The van der Waals surface area contributed by atoms with E-state index >= 15 is 0 Å². The molecule has 3 aromatic carbocycles. The second-order valence-electron chi connectivity index (χ2n) is 6.48. The van der Waals surface area contributed by atoms with Gasteiger partial charge in [-0.15, -0.1) is 0 Å². The highest BCUT2D eigenvalue weighted by Crippen LogP contribution is 2.27. The molecule has 7 heteroatoms. The van der Waals surface area contributed by atoms with Gasteiger partial charge in [0, 0.05) is 21.2 Å². The van der Waals surface area contributed by atoms with Crippen LogP contribution in [-0.2, 0) is 0 Å². The minimum atomic E-state index is 0.467. The van der Waals surface area contributed by atoms with E-state index in [1.807, 2.05) is 66.7 Å². The first kappa shape index (κ1) is 17.6. The summed E-state index contributed by atoms with van der Waals surface area (Å²) in [4.78, 5) is 12.5. The highest BCUT2D eigenvalue weighted by molar-refractivity contribution is 9.10. The predicted molar refractivity (Wildman–Crippen MR) is 115 cm³/mol. The molecule has 0 saturated carbocycles. The summed E-state index contributed by atoms with van der Waals surface area (Å²) in [6.45, 7) is 0. The number of aromatic nitrogens is 4. The molecule has 29 heavy (non-hydrogen) atoms. The van der Waals surface area contributed by atoms with E-state index in [1.165, 1.54) is 0 Å². The Hall–Kier alpha value is -3.45. The van der Waals surface area contributed by atoms with Crippen LogP contribution in [0.2, 0.25) is 0 Å². The standard InChI is InChI=1S/C22H15BrN4O2/c1-28-17-9-6-15(7-10-17)22-26-21(27-29-22)14-4-2-13(3-5-14)20-24-18-11-8-16(23)12-19(18)25-20/h2-12H,1H3,(H,24,25). The zero-order chi connectivity index (χ0) is 19.8. The maximum absolute atomic E-state index is 5.42. The van der Waals surface area contributed by atoms with Crippen molar-refractivity contribution in [2.45, 2.75) is 0 Å². The van der Waals surface area contributed by atoms with E-state index in [0.717, 1.165) is 43.8 Å². The lowest BCUT2D eigenvalue weighted by atomic mass is 10.1. The largest absolute Gasteiger partial charge is 0.497 e. The third-order valence-electron chi connectivity index (χ3n) is 4.62. The SMILES string of the molecule is COc1ccc(-c2nc(-c3ccc(-c4nc5cc(Br)ccc5[nH]4)cc3)no2)cc1. The maximum Gasteiger partial charge on any atom is 0.258 e. The van der Waals surface area contributed by atoms with Crippen LogP contribution in [-0.4, -0.2) is 27.2 Å². The predicted octanol–water partition coefficient (Wildman–Crippen LogP) is 5.72. The molecule has 1 N–H and O–H groups in total. The Morgan fingerprint density at radius 2 is 1.59 bits per heavy atom.